The zero-order valence-corrected chi connectivity index (χ0v) is 23.6. The van der Waals surface area contributed by atoms with Crippen molar-refractivity contribution >= 4 is 5.97 Å². The second-order valence-electron chi connectivity index (χ2n) is 12.0. The van der Waals surface area contributed by atoms with Gasteiger partial charge in [-0.2, -0.15) is 0 Å². The summed E-state index contributed by atoms with van der Waals surface area (Å²) in [6.07, 6.45) is 17.1. The van der Waals surface area contributed by atoms with Gasteiger partial charge in [0.2, 0.25) is 0 Å². The van der Waals surface area contributed by atoms with Crippen molar-refractivity contribution in [2.75, 3.05) is 19.8 Å². The van der Waals surface area contributed by atoms with Gasteiger partial charge in [-0.1, -0.05) is 44.5 Å². The van der Waals surface area contributed by atoms with Crippen LogP contribution >= 0.6 is 0 Å². The lowest BCUT2D eigenvalue weighted by molar-refractivity contribution is -0.139. The Bertz CT molecular complexity index is 827. The maximum absolute atomic E-state index is 11.5. The molecular weight excluding hydrogens is 460 g/mol. The molecule has 0 saturated heterocycles. The summed E-state index contributed by atoms with van der Waals surface area (Å²) in [6, 6.07) is 7.16. The van der Waals surface area contributed by atoms with Gasteiger partial charge in [0.1, 0.15) is 0 Å². The minimum Gasteiger partial charge on any atom is -0.462 e. The van der Waals surface area contributed by atoms with Crippen molar-refractivity contribution in [3.05, 3.63) is 47.0 Å². The van der Waals surface area contributed by atoms with Crippen molar-refractivity contribution in [2.45, 2.75) is 110 Å². The first-order valence-electron chi connectivity index (χ1n) is 15.1. The van der Waals surface area contributed by atoms with Crippen LogP contribution in [0, 0.1) is 23.7 Å². The summed E-state index contributed by atoms with van der Waals surface area (Å²) in [5.41, 5.74) is 5.00. The lowest BCUT2D eigenvalue weighted by Gasteiger charge is -2.38. The van der Waals surface area contributed by atoms with Crippen LogP contribution in [-0.2, 0) is 22.4 Å². The van der Waals surface area contributed by atoms with Gasteiger partial charge < -0.3 is 14.9 Å². The van der Waals surface area contributed by atoms with Crippen molar-refractivity contribution in [3.8, 4) is 0 Å². The molecule has 0 spiro atoms. The maximum Gasteiger partial charge on any atom is 0.333 e. The summed E-state index contributed by atoms with van der Waals surface area (Å²) in [6.45, 7) is 8.31. The average molecular weight is 513 g/mol. The lowest BCUT2D eigenvalue weighted by Crippen LogP contribution is -2.25. The molecule has 0 amide bonds. The zero-order valence-electron chi connectivity index (χ0n) is 23.6. The number of hydrogen-bond acceptors (Lipinski definition) is 4. The molecular formula is C33H52O4. The van der Waals surface area contributed by atoms with Crippen LogP contribution in [0.2, 0.25) is 0 Å². The van der Waals surface area contributed by atoms with E-state index in [1.165, 1.54) is 68.9 Å². The number of aryl methyl sites for hydroxylation is 2. The largest absolute Gasteiger partial charge is 0.462 e. The molecule has 37 heavy (non-hydrogen) atoms. The number of aliphatic hydroxyl groups excluding tert-OH is 2. The van der Waals surface area contributed by atoms with Crippen molar-refractivity contribution < 1.29 is 19.7 Å². The maximum atomic E-state index is 11.5. The molecule has 1 aromatic carbocycles. The molecule has 0 aromatic heterocycles. The summed E-state index contributed by atoms with van der Waals surface area (Å²) < 4.78 is 5.26. The van der Waals surface area contributed by atoms with Gasteiger partial charge in [0.05, 0.1) is 6.61 Å². The third-order valence-corrected chi connectivity index (χ3v) is 9.29. The first-order chi connectivity index (χ1) is 17.9. The molecule has 208 valence electrons. The van der Waals surface area contributed by atoms with E-state index in [4.69, 9.17) is 4.74 Å². The predicted octanol–water partition coefficient (Wildman–Crippen LogP) is 7.15. The van der Waals surface area contributed by atoms with E-state index < -0.39 is 0 Å². The van der Waals surface area contributed by atoms with Crippen molar-refractivity contribution in [1.29, 1.82) is 0 Å². The minimum atomic E-state index is -0.257. The second kappa shape index (κ2) is 15.7. The quantitative estimate of drug-likeness (QED) is 0.158. The summed E-state index contributed by atoms with van der Waals surface area (Å²) in [5, 5.41) is 18.6. The Morgan fingerprint density at radius 2 is 1.65 bits per heavy atom. The van der Waals surface area contributed by atoms with E-state index in [9.17, 15) is 15.0 Å². The fraction of sp³-hybridized carbons (Fsp3) is 0.727. The highest BCUT2D eigenvalue weighted by molar-refractivity contribution is 5.86. The smallest absolute Gasteiger partial charge is 0.333 e. The van der Waals surface area contributed by atoms with Crippen LogP contribution in [0.1, 0.15) is 114 Å². The summed E-state index contributed by atoms with van der Waals surface area (Å²) in [5.74, 6) is 3.10. The molecule has 2 saturated carbocycles. The predicted molar refractivity (Wildman–Crippen MR) is 152 cm³/mol. The van der Waals surface area contributed by atoms with Crippen LogP contribution in [0.25, 0.3) is 0 Å². The Hall–Kier alpha value is -1.65. The number of hydrogen-bond donors (Lipinski definition) is 2. The van der Waals surface area contributed by atoms with E-state index in [2.05, 4.69) is 31.7 Å². The lowest BCUT2D eigenvalue weighted by atomic mass is 9.67. The Morgan fingerprint density at radius 1 is 1.00 bits per heavy atom. The first kappa shape index (κ1) is 29.9. The highest BCUT2D eigenvalue weighted by atomic mass is 16.5. The summed E-state index contributed by atoms with van der Waals surface area (Å²) >= 11 is 0. The number of benzene rings is 1. The molecule has 2 aliphatic rings. The molecule has 1 aromatic rings. The topological polar surface area (TPSA) is 66.8 Å². The zero-order chi connectivity index (χ0) is 26.6. The Kier molecular flexibility index (Phi) is 12.7. The van der Waals surface area contributed by atoms with Gasteiger partial charge in [-0.25, -0.2) is 4.79 Å². The molecule has 0 bridgehead atoms. The standard InChI is InChI=1S/C33H52O4/c1-4-28-21-26(7-5-8-27(22-34)23-35)12-19-32(28)31-17-15-30(16-18-31)29-13-10-25(11-14-29)9-6-20-37-33(36)24(2)3/h12,19,21,25,27,29-31,34-35H,2,4-11,13-18,20,22-23H2,1,3H3. The van der Waals surface area contributed by atoms with E-state index in [-0.39, 0.29) is 25.1 Å². The third-order valence-electron chi connectivity index (χ3n) is 9.29. The van der Waals surface area contributed by atoms with E-state index in [1.54, 1.807) is 12.5 Å². The molecule has 4 heteroatoms. The highest BCUT2D eigenvalue weighted by Gasteiger charge is 2.31. The van der Waals surface area contributed by atoms with E-state index in [0.717, 1.165) is 49.9 Å². The van der Waals surface area contributed by atoms with E-state index in [1.807, 2.05) is 0 Å². The third kappa shape index (κ3) is 9.25. The summed E-state index contributed by atoms with van der Waals surface area (Å²) in [7, 11) is 0. The number of ether oxygens (including phenoxy) is 1. The van der Waals surface area contributed by atoms with Gasteiger partial charge in [-0.05, 0) is 124 Å². The van der Waals surface area contributed by atoms with Gasteiger partial charge in [0, 0.05) is 24.7 Å². The molecule has 0 unspecified atom stereocenters. The van der Waals surface area contributed by atoms with E-state index >= 15 is 0 Å². The first-order valence-corrected chi connectivity index (χ1v) is 15.1. The van der Waals surface area contributed by atoms with Crippen LogP contribution in [-0.4, -0.2) is 36.0 Å². The van der Waals surface area contributed by atoms with Crippen LogP contribution in [0.5, 0.6) is 0 Å². The number of carbonyl (C=O) groups excluding carboxylic acids is 1. The monoisotopic (exact) mass is 512 g/mol. The average Bonchev–Trinajstić information content (AvgIpc) is 2.93. The molecule has 2 fully saturated rings. The fourth-order valence-electron chi connectivity index (χ4n) is 6.86. The van der Waals surface area contributed by atoms with E-state index in [0.29, 0.717) is 18.1 Å². The number of aliphatic hydroxyl groups is 2. The summed E-state index contributed by atoms with van der Waals surface area (Å²) in [4.78, 5) is 11.5. The van der Waals surface area contributed by atoms with Gasteiger partial charge in [-0.3, -0.25) is 0 Å². The fourth-order valence-corrected chi connectivity index (χ4v) is 6.86. The van der Waals surface area contributed by atoms with Gasteiger partial charge in [0.25, 0.3) is 0 Å². The highest BCUT2D eigenvalue weighted by Crippen LogP contribution is 2.45. The molecule has 0 radical (unpaired) electrons. The number of carbonyl (C=O) groups is 1. The Balaban J connectivity index is 1.39. The van der Waals surface area contributed by atoms with Crippen LogP contribution < -0.4 is 0 Å². The second-order valence-corrected chi connectivity index (χ2v) is 12.0. The molecule has 0 heterocycles. The van der Waals surface area contributed by atoms with Gasteiger partial charge >= 0.3 is 5.97 Å². The van der Waals surface area contributed by atoms with Gasteiger partial charge in [-0.15, -0.1) is 0 Å². The number of esters is 1. The van der Waals surface area contributed by atoms with Crippen LogP contribution in [0.15, 0.2) is 30.4 Å². The van der Waals surface area contributed by atoms with Crippen LogP contribution in [0.4, 0.5) is 0 Å². The Labute approximate surface area is 225 Å². The SMILES string of the molecule is C=C(C)C(=O)OCCCC1CCC(C2CCC(c3ccc(CCCC(CO)CO)cc3CC)CC2)CC1. The van der Waals surface area contributed by atoms with Crippen molar-refractivity contribution in [3.63, 3.8) is 0 Å². The van der Waals surface area contributed by atoms with Crippen LogP contribution in [0.3, 0.4) is 0 Å². The minimum absolute atomic E-state index is 0.0217. The molecule has 0 atom stereocenters. The number of rotatable bonds is 14. The molecule has 0 aliphatic heterocycles. The van der Waals surface area contributed by atoms with Crippen molar-refractivity contribution in [2.24, 2.45) is 23.7 Å². The molecule has 2 aliphatic carbocycles. The van der Waals surface area contributed by atoms with Gasteiger partial charge in [0.15, 0.2) is 0 Å². The normalized spacial score (nSPS) is 24.2. The Morgan fingerprint density at radius 3 is 2.24 bits per heavy atom. The molecule has 4 nitrogen and oxygen atoms in total. The molecule has 2 N–H and O–H groups in total. The van der Waals surface area contributed by atoms with Crippen molar-refractivity contribution in [1.82, 2.24) is 0 Å². The molecule has 3 rings (SSSR count).